The zero-order valence-electron chi connectivity index (χ0n) is 12.6. The SMILES string of the molecule is CCOC(=O)C(=O)NCC(=O)c1cc(C#N)ccc1OC1CC1. The number of hydrogen-bond donors (Lipinski definition) is 1. The number of ketones is 1. The van der Waals surface area contributed by atoms with Crippen molar-refractivity contribution in [2.75, 3.05) is 13.2 Å². The van der Waals surface area contributed by atoms with Gasteiger partial charge in [0.15, 0.2) is 5.78 Å². The van der Waals surface area contributed by atoms with Gasteiger partial charge in [0.2, 0.25) is 0 Å². The Bertz CT molecular complexity index is 674. The van der Waals surface area contributed by atoms with Crippen molar-refractivity contribution in [3.8, 4) is 11.8 Å². The van der Waals surface area contributed by atoms with Crippen LogP contribution in [0, 0.1) is 11.3 Å². The second kappa shape index (κ2) is 7.40. The zero-order chi connectivity index (χ0) is 16.8. The van der Waals surface area contributed by atoms with Crippen molar-refractivity contribution in [2.45, 2.75) is 25.9 Å². The number of rotatable bonds is 6. The number of benzene rings is 1. The van der Waals surface area contributed by atoms with E-state index in [0.29, 0.717) is 11.3 Å². The Hall–Kier alpha value is -2.88. The van der Waals surface area contributed by atoms with Gasteiger partial charge in [-0.3, -0.25) is 9.59 Å². The van der Waals surface area contributed by atoms with Gasteiger partial charge in [0.25, 0.3) is 0 Å². The van der Waals surface area contributed by atoms with E-state index in [4.69, 9.17) is 10.00 Å². The summed E-state index contributed by atoms with van der Waals surface area (Å²) >= 11 is 0. The van der Waals surface area contributed by atoms with Crippen molar-refractivity contribution in [1.82, 2.24) is 5.32 Å². The van der Waals surface area contributed by atoms with E-state index in [-0.39, 0.29) is 24.8 Å². The van der Waals surface area contributed by atoms with Crippen LogP contribution in [0.5, 0.6) is 5.75 Å². The second-order valence-corrected chi connectivity index (χ2v) is 4.97. The highest BCUT2D eigenvalue weighted by Crippen LogP contribution is 2.29. The molecule has 1 aromatic carbocycles. The number of esters is 1. The fourth-order valence-electron chi connectivity index (χ4n) is 1.81. The molecule has 7 heteroatoms. The van der Waals surface area contributed by atoms with Crippen LogP contribution >= 0.6 is 0 Å². The molecule has 2 rings (SSSR count). The largest absolute Gasteiger partial charge is 0.490 e. The molecule has 1 aliphatic carbocycles. The Morgan fingerprint density at radius 1 is 1.35 bits per heavy atom. The van der Waals surface area contributed by atoms with Gasteiger partial charge in [-0.15, -0.1) is 0 Å². The van der Waals surface area contributed by atoms with Crippen LogP contribution in [0.15, 0.2) is 18.2 Å². The molecule has 0 aromatic heterocycles. The van der Waals surface area contributed by atoms with Gasteiger partial charge < -0.3 is 14.8 Å². The Morgan fingerprint density at radius 2 is 2.09 bits per heavy atom. The third-order valence-corrected chi connectivity index (χ3v) is 3.10. The first-order valence-electron chi connectivity index (χ1n) is 7.24. The third kappa shape index (κ3) is 4.54. The van der Waals surface area contributed by atoms with Crippen molar-refractivity contribution in [3.05, 3.63) is 29.3 Å². The Balaban J connectivity index is 2.06. The van der Waals surface area contributed by atoms with Crippen LogP contribution in [0.25, 0.3) is 0 Å². The van der Waals surface area contributed by atoms with Gasteiger partial charge in [0.05, 0.1) is 36.5 Å². The molecule has 0 bridgehead atoms. The van der Waals surface area contributed by atoms with E-state index in [1.165, 1.54) is 6.07 Å². The van der Waals surface area contributed by atoms with Crippen LogP contribution in [0.2, 0.25) is 0 Å². The number of carbonyl (C=O) groups is 3. The number of amides is 1. The van der Waals surface area contributed by atoms with E-state index < -0.39 is 17.7 Å². The summed E-state index contributed by atoms with van der Waals surface area (Å²) in [6, 6.07) is 6.49. The lowest BCUT2D eigenvalue weighted by Gasteiger charge is -2.11. The van der Waals surface area contributed by atoms with Crippen LogP contribution in [0.3, 0.4) is 0 Å². The molecule has 0 unspecified atom stereocenters. The van der Waals surface area contributed by atoms with Crippen LogP contribution in [0.1, 0.15) is 35.7 Å². The number of carbonyl (C=O) groups excluding carboxylic acids is 3. The highest BCUT2D eigenvalue weighted by molar-refractivity contribution is 6.32. The number of Topliss-reactive ketones (excluding diaryl/α,β-unsaturated/α-hetero) is 1. The van der Waals surface area contributed by atoms with Crippen LogP contribution < -0.4 is 10.1 Å². The standard InChI is InChI=1S/C16H16N2O5/c1-2-22-16(21)15(20)18-9-13(19)12-7-10(8-17)3-6-14(12)23-11-4-5-11/h3,6-7,11H,2,4-5,9H2,1H3,(H,18,20). The van der Waals surface area contributed by atoms with Gasteiger partial charge >= 0.3 is 11.9 Å². The Morgan fingerprint density at radius 3 is 2.70 bits per heavy atom. The van der Waals surface area contributed by atoms with Gasteiger partial charge in [-0.2, -0.15) is 5.26 Å². The molecule has 0 aliphatic heterocycles. The number of nitrogens with zero attached hydrogens (tertiary/aromatic N) is 1. The van der Waals surface area contributed by atoms with Gasteiger partial charge in [-0.1, -0.05) is 0 Å². The molecule has 1 fully saturated rings. The van der Waals surface area contributed by atoms with Crippen molar-refractivity contribution in [3.63, 3.8) is 0 Å². The van der Waals surface area contributed by atoms with Crippen molar-refractivity contribution < 1.29 is 23.9 Å². The molecule has 0 atom stereocenters. The maximum Gasteiger partial charge on any atom is 0.396 e. The van der Waals surface area contributed by atoms with Crippen LogP contribution in [-0.4, -0.2) is 36.9 Å². The second-order valence-electron chi connectivity index (χ2n) is 4.97. The first kappa shape index (κ1) is 16.5. The average molecular weight is 316 g/mol. The van der Waals surface area contributed by atoms with Crippen molar-refractivity contribution in [2.24, 2.45) is 0 Å². The van der Waals surface area contributed by atoms with Crippen molar-refractivity contribution in [1.29, 1.82) is 5.26 Å². The van der Waals surface area contributed by atoms with Gasteiger partial charge in [-0.05, 0) is 38.0 Å². The molecular weight excluding hydrogens is 300 g/mol. The van der Waals surface area contributed by atoms with Crippen LogP contribution in [0.4, 0.5) is 0 Å². The summed E-state index contributed by atoms with van der Waals surface area (Å²) in [6.07, 6.45) is 1.93. The Kier molecular flexibility index (Phi) is 5.31. The molecule has 0 spiro atoms. The number of ether oxygens (including phenoxy) is 2. The summed E-state index contributed by atoms with van der Waals surface area (Å²) in [5.74, 6) is -2.10. The van der Waals surface area contributed by atoms with E-state index in [9.17, 15) is 14.4 Å². The molecule has 1 aromatic rings. The van der Waals surface area contributed by atoms with E-state index in [0.717, 1.165) is 12.8 Å². The topological polar surface area (TPSA) is 105 Å². The lowest BCUT2D eigenvalue weighted by atomic mass is 10.1. The predicted octanol–water partition coefficient (Wildman–Crippen LogP) is 0.961. The molecule has 1 saturated carbocycles. The minimum absolute atomic E-state index is 0.0732. The summed E-state index contributed by atoms with van der Waals surface area (Å²) in [4.78, 5) is 34.9. The molecule has 0 heterocycles. The molecule has 7 nitrogen and oxygen atoms in total. The van der Waals surface area contributed by atoms with E-state index in [1.54, 1.807) is 19.1 Å². The molecule has 23 heavy (non-hydrogen) atoms. The normalized spacial score (nSPS) is 12.9. The molecule has 1 N–H and O–H groups in total. The third-order valence-electron chi connectivity index (χ3n) is 3.10. The van der Waals surface area contributed by atoms with E-state index in [1.807, 2.05) is 6.07 Å². The maximum absolute atomic E-state index is 12.3. The summed E-state index contributed by atoms with van der Waals surface area (Å²) in [7, 11) is 0. The zero-order valence-corrected chi connectivity index (χ0v) is 12.6. The summed E-state index contributed by atoms with van der Waals surface area (Å²) in [5.41, 5.74) is 0.522. The minimum atomic E-state index is -1.04. The fourth-order valence-corrected chi connectivity index (χ4v) is 1.81. The average Bonchev–Trinajstić information content (AvgIpc) is 3.36. The number of nitrogens with one attached hydrogen (secondary N) is 1. The molecule has 120 valence electrons. The van der Waals surface area contributed by atoms with Gasteiger partial charge in [0.1, 0.15) is 5.75 Å². The molecule has 1 amide bonds. The van der Waals surface area contributed by atoms with Gasteiger partial charge in [0, 0.05) is 0 Å². The monoisotopic (exact) mass is 316 g/mol. The lowest BCUT2D eigenvalue weighted by Crippen LogP contribution is -2.36. The summed E-state index contributed by atoms with van der Waals surface area (Å²) in [6.45, 7) is 1.27. The molecule has 1 aliphatic rings. The number of nitriles is 1. The predicted molar refractivity (Wildman–Crippen MR) is 78.8 cm³/mol. The fraction of sp³-hybridized carbons (Fsp3) is 0.375. The van der Waals surface area contributed by atoms with Gasteiger partial charge in [-0.25, -0.2) is 4.79 Å². The molecule has 0 radical (unpaired) electrons. The number of hydrogen-bond acceptors (Lipinski definition) is 6. The Labute approximate surface area is 133 Å². The quantitative estimate of drug-likeness (QED) is 0.476. The molecular formula is C16H16N2O5. The smallest absolute Gasteiger partial charge is 0.396 e. The molecule has 0 saturated heterocycles. The minimum Gasteiger partial charge on any atom is -0.490 e. The van der Waals surface area contributed by atoms with Crippen molar-refractivity contribution >= 4 is 17.7 Å². The first-order valence-corrected chi connectivity index (χ1v) is 7.24. The van der Waals surface area contributed by atoms with E-state index in [2.05, 4.69) is 10.1 Å². The first-order chi connectivity index (χ1) is 11.0. The maximum atomic E-state index is 12.3. The summed E-state index contributed by atoms with van der Waals surface area (Å²) in [5, 5.41) is 11.1. The highest BCUT2D eigenvalue weighted by Gasteiger charge is 2.26. The lowest BCUT2D eigenvalue weighted by molar-refractivity contribution is -0.154. The van der Waals surface area contributed by atoms with E-state index >= 15 is 0 Å². The highest BCUT2D eigenvalue weighted by atomic mass is 16.5. The van der Waals surface area contributed by atoms with Crippen LogP contribution in [-0.2, 0) is 14.3 Å². The summed E-state index contributed by atoms with van der Waals surface area (Å²) < 4.78 is 10.2.